The second-order valence-electron chi connectivity index (χ2n) is 5.04. The van der Waals surface area contributed by atoms with Crippen molar-refractivity contribution < 1.29 is 9.84 Å². The molecule has 0 saturated heterocycles. The van der Waals surface area contributed by atoms with Gasteiger partial charge >= 0.3 is 0 Å². The molecular weight excluding hydrogens is 318 g/mol. The third-order valence-electron chi connectivity index (χ3n) is 3.69. The van der Waals surface area contributed by atoms with Gasteiger partial charge in [-0.3, -0.25) is 0 Å². The molecule has 0 unspecified atom stereocenters. The molecule has 20 heavy (non-hydrogen) atoms. The van der Waals surface area contributed by atoms with E-state index in [4.69, 9.17) is 4.74 Å². The molecule has 0 bridgehead atoms. The fourth-order valence-electron chi connectivity index (χ4n) is 2.48. The Hall–Kier alpha value is -0.580. The molecule has 1 N–H and O–H groups in total. The molecule has 0 aliphatic rings. The van der Waals surface area contributed by atoms with E-state index in [2.05, 4.69) is 46.8 Å². The molecule has 114 valence electrons. The number of halogens is 1. The second-order valence-corrected chi connectivity index (χ2v) is 5.89. The number of ether oxygens (including phenoxy) is 1. The molecule has 0 spiro atoms. The molecule has 1 aromatic carbocycles. The summed E-state index contributed by atoms with van der Waals surface area (Å²) >= 11 is 3.56. The number of aliphatic hydroxyl groups is 1. The Bertz CT molecular complexity index is 405. The van der Waals surface area contributed by atoms with Crippen molar-refractivity contribution in [3.05, 3.63) is 28.2 Å². The second kappa shape index (κ2) is 8.65. The van der Waals surface area contributed by atoms with Crippen LogP contribution in [0.25, 0.3) is 0 Å². The van der Waals surface area contributed by atoms with Gasteiger partial charge in [-0.05, 0) is 37.5 Å². The quantitative estimate of drug-likeness (QED) is 0.769. The first kappa shape index (κ1) is 17.5. The summed E-state index contributed by atoms with van der Waals surface area (Å²) in [5.41, 5.74) is 2.09. The number of rotatable bonds is 8. The zero-order chi connectivity index (χ0) is 15.1. The van der Waals surface area contributed by atoms with Crippen LogP contribution in [0, 0.1) is 0 Å². The molecule has 0 radical (unpaired) electrons. The minimum absolute atomic E-state index is 0.459. The van der Waals surface area contributed by atoms with Gasteiger partial charge in [0.2, 0.25) is 0 Å². The molecule has 1 rings (SSSR count). The third kappa shape index (κ3) is 4.47. The molecule has 3 nitrogen and oxygen atoms in total. The highest BCUT2D eigenvalue weighted by atomic mass is 79.9. The van der Waals surface area contributed by atoms with Crippen molar-refractivity contribution in [3.63, 3.8) is 0 Å². The van der Waals surface area contributed by atoms with Gasteiger partial charge < -0.3 is 14.7 Å². The molecule has 1 aromatic rings. The Kier molecular flexibility index (Phi) is 7.56. The Morgan fingerprint density at radius 1 is 1.30 bits per heavy atom. The molecule has 1 atom stereocenters. The Morgan fingerprint density at radius 2 is 1.95 bits per heavy atom. The number of anilines is 1. The maximum atomic E-state index is 9.71. The average molecular weight is 344 g/mol. The zero-order valence-corrected chi connectivity index (χ0v) is 14.5. The minimum atomic E-state index is -0.459. The standard InChI is InChI=1S/C16H26BrNO2/c1-5-13(6-2)18(9-10-20-4)14-7-8-15(12(3)19)16(17)11-14/h7-8,11-13,19H,5-6,9-10H2,1-4H3/t12-/m0/s1. The predicted molar refractivity (Wildman–Crippen MR) is 88.4 cm³/mol. The number of hydrogen-bond acceptors (Lipinski definition) is 3. The van der Waals surface area contributed by atoms with E-state index in [0.29, 0.717) is 12.6 Å². The van der Waals surface area contributed by atoms with Crippen molar-refractivity contribution >= 4 is 21.6 Å². The monoisotopic (exact) mass is 343 g/mol. The first-order valence-electron chi connectivity index (χ1n) is 7.28. The van der Waals surface area contributed by atoms with Crippen LogP contribution in [0.5, 0.6) is 0 Å². The lowest BCUT2D eigenvalue weighted by molar-refractivity contribution is 0.198. The van der Waals surface area contributed by atoms with E-state index in [0.717, 1.165) is 29.4 Å². The normalized spacial score (nSPS) is 12.8. The van der Waals surface area contributed by atoms with Crippen molar-refractivity contribution in [2.24, 2.45) is 0 Å². The summed E-state index contributed by atoms with van der Waals surface area (Å²) in [7, 11) is 1.73. The molecule has 0 aliphatic heterocycles. The van der Waals surface area contributed by atoms with Crippen LogP contribution < -0.4 is 4.90 Å². The Morgan fingerprint density at radius 3 is 2.40 bits per heavy atom. The van der Waals surface area contributed by atoms with Crippen molar-refractivity contribution in [2.45, 2.75) is 45.8 Å². The molecule has 4 heteroatoms. The predicted octanol–water partition coefficient (Wildman–Crippen LogP) is 4.14. The van der Waals surface area contributed by atoms with Crippen molar-refractivity contribution in [3.8, 4) is 0 Å². The van der Waals surface area contributed by atoms with Gasteiger partial charge in [-0.25, -0.2) is 0 Å². The third-order valence-corrected chi connectivity index (χ3v) is 4.37. The Labute approximate surface area is 131 Å². The van der Waals surface area contributed by atoms with Crippen LogP contribution in [0.3, 0.4) is 0 Å². The minimum Gasteiger partial charge on any atom is -0.389 e. The van der Waals surface area contributed by atoms with Crippen LogP contribution in [0.15, 0.2) is 22.7 Å². The highest BCUT2D eigenvalue weighted by Gasteiger charge is 2.17. The van der Waals surface area contributed by atoms with Gasteiger partial charge in [-0.2, -0.15) is 0 Å². The van der Waals surface area contributed by atoms with Crippen LogP contribution in [0.4, 0.5) is 5.69 Å². The fourth-order valence-corrected chi connectivity index (χ4v) is 3.17. The fraction of sp³-hybridized carbons (Fsp3) is 0.625. The van der Waals surface area contributed by atoms with E-state index in [1.54, 1.807) is 14.0 Å². The maximum absolute atomic E-state index is 9.71. The Balaban J connectivity index is 3.03. The van der Waals surface area contributed by atoms with Crippen molar-refractivity contribution in [2.75, 3.05) is 25.2 Å². The summed E-state index contributed by atoms with van der Waals surface area (Å²) < 4.78 is 6.19. The largest absolute Gasteiger partial charge is 0.389 e. The highest BCUT2D eigenvalue weighted by Crippen LogP contribution is 2.30. The van der Waals surface area contributed by atoms with Gasteiger partial charge in [0.15, 0.2) is 0 Å². The first-order chi connectivity index (χ1) is 9.54. The van der Waals surface area contributed by atoms with E-state index < -0.39 is 6.10 Å². The molecule has 0 aromatic heterocycles. The van der Waals surface area contributed by atoms with Gasteiger partial charge in [-0.1, -0.05) is 35.8 Å². The lowest BCUT2D eigenvalue weighted by Gasteiger charge is -2.33. The van der Waals surface area contributed by atoms with Crippen LogP contribution in [0.1, 0.15) is 45.3 Å². The van der Waals surface area contributed by atoms with Gasteiger partial charge in [-0.15, -0.1) is 0 Å². The summed E-state index contributed by atoms with van der Waals surface area (Å²) in [6, 6.07) is 6.68. The van der Waals surface area contributed by atoms with Crippen molar-refractivity contribution in [1.82, 2.24) is 0 Å². The summed E-state index contributed by atoms with van der Waals surface area (Å²) in [5, 5.41) is 9.71. The molecule has 0 fully saturated rings. The lowest BCUT2D eigenvalue weighted by Crippen LogP contribution is -2.37. The number of methoxy groups -OCH3 is 1. The van der Waals surface area contributed by atoms with E-state index in [-0.39, 0.29) is 0 Å². The average Bonchev–Trinajstić information content (AvgIpc) is 2.43. The molecule has 0 aliphatic carbocycles. The topological polar surface area (TPSA) is 32.7 Å². The van der Waals surface area contributed by atoms with E-state index >= 15 is 0 Å². The number of nitrogens with zero attached hydrogens (tertiary/aromatic N) is 1. The number of aliphatic hydroxyl groups excluding tert-OH is 1. The highest BCUT2D eigenvalue weighted by molar-refractivity contribution is 9.10. The van der Waals surface area contributed by atoms with Crippen LogP contribution in [-0.2, 0) is 4.74 Å². The van der Waals surface area contributed by atoms with E-state index in [1.165, 1.54) is 5.69 Å². The van der Waals surface area contributed by atoms with Crippen LogP contribution in [0.2, 0.25) is 0 Å². The van der Waals surface area contributed by atoms with Gasteiger partial charge in [0.1, 0.15) is 0 Å². The molecule has 0 heterocycles. The summed E-state index contributed by atoms with van der Waals surface area (Å²) in [6.45, 7) is 7.80. The van der Waals surface area contributed by atoms with Crippen LogP contribution >= 0.6 is 15.9 Å². The molecule has 0 saturated carbocycles. The summed E-state index contributed by atoms with van der Waals surface area (Å²) in [6.07, 6.45) is 1.75. The summed E-state index contributed by atoms with van der Waals surface area (Å²) in [4.78, 5) is 2.39. The summed E-state index contributed by atoms with van der Waals surface area (Å²) in [5.74, 6) is 0. The number of benzene rings is 1. The zero-order valence-electron chi connectivity index (χ0n) is 12.9. The molecule has 0 amide bonds. The van der Waals surface area contributed by atoms with Crippen molar-refractivity contribution in [1.29, 1.82) is 0 Å². The lowest BCUT2D eigenvalue weighted by atomic mass is 10.1. The molecular formula is C16H26BrNO2. The maximum Gasteiger partial charge on any atom is 0.0772 e. The van der Waals surface area contributed by atoms with Gasteiger partial charge in [0, 0.05) is 29.9 Å². The number of hydrogen-bond donors (Lipinski definition) is 1. The van der Waals surface area contributed by atoms with Gasteiger partial charge in [0.25, 0.3) is 0 Å². The SMILES string of the molecule is CCC(CC)N(CCOC)c1ccc([C@H](C)O)c(Br)c1. The van der Waals surface area contributed by atoms with E-state index in [9.17, 15) is 5.11 Å². The first-order valence-corrected chi connectivity index (χ1v) is 8.07. The van der Waals surface area contributed by atoms with E-state index in [1.807, 2.05) is 6.07 Å². The van der Waals surface area contributed by atoms with Crippen LogP contribution in [-0.4, -0.2) is 31.4 Å². The van der Waals surface area contributed by atoms with Gasteiger partial charge in [0.05, 0.1) is 12.7 Å². The smallest absolute Gasteiger partial charge is 0.0772 e.